The van der Waals surface area contributed by atoms with E-state index in [2.05, 4.69) is 13.8 Å². The molecule has 4 heterocycles. The van der Waals surface area contributed by atoms with Crippen LogP contribution in [0.15, 0.2) is 27.1 Å². The van der Waals surface area contributed by atoms with E-state index in [-0.39, 0.29) is 0 Å². The lowest BCUT2D eigenvalue weighted by Gasteiger charge is -2.24. The first-order valence-electron chi connectivity index (χ1n) is 6.24. The van der Waals surface area contributed by atoms with Gasteiger partial charge < -0.3 is 9.47 Å². The Bertz CT molecular complexity index is 508. The van der Waals surface area contributed by atoms with Gasteiger partial charge in [-0.2, -0.15) is 0 Å². The second-order valence-electron chi connectivity index (χ2n) is 4.48. The van der Waals surface area contributed by atoms with Crippen molar-refractivity contribution in [1.82, 2.24) is 0 Å². The lowest BCUT2D eigenvalue weighted by molar-refractivity contribution is 0.0949. The first-order chi connectivity index (χ1) is 9.70. The molecule has 0 aromatic rings. The smallest absolute Gasteiger partial charge is 0.208 e. The van der Waals surface area contributed by atoms with E-state index >= 15 is 0 Å². The first-order valence-corrected chi connectivity index (χ1v) is 11.3. The molecule has 0 saturated heterocycles. The van der Waals surface area contributed by atoms with Crippen LogP contribution in [0.25, 0.3) is 0 Å². The third-order valence-corrected chi connectivity index (χ3v) is 12.2. The second kappa shape index (κ2) is 5.85. The van der Waals surface area contributed by atoms with E-state index in [4.69, 9.17) is 9.47 Å². The number of hydrogen-bond acceptors (Lipinski definition) is 8. The normalized spacial score (nSPS) is 33.1. The summed E-state index contributed by atoms with van der Waals surface area (Å²) in [4.78, 5) is 0. The molecule has 0 aromatic heterocycles. The predicted molar refractivity (Wildman–Crippen MR) is 97.5 cm³/mol. The van der Waals surface area contributed by atoms with Crippen LogP contribution in [0.2, 0.25) is 0 Å². The van der Waals surface area contributed by atoms with Crippen LogP contribution in [0.5, 0.6) is 0 Å². The number of ether oxygens (including phenoxy) is 2. The highest BCUT2D eigenvalue weighted by molar-refractivity contribution is 8.43. The summed E-state index contributed by atoms with van der Waals surface area (Å²) >= 11 is 11.4. The van der Waals surface area contributed by atoms with Crippen LogP contribution in [-0.4, -0.2) is 23.7 Å². The summed E-state index contributed by atoms with van der Waals surface area (Å²) in [6.45, 7) is 5.99. The van der Waals surface area contributed by atoms with Crippen LogP contribution in [0.3, 0.4) is 0 Å². The van der Waals surface area contributed by atoms with Crippen molar-refractivity contribution in [3.63, 3.8) is 0 Å². The third-order valence-electron chi connectivity index (χ3n) is 3.04. The van der Waals surface area contributed by atoms with Gasteiger partial charge in [0.2, 0.25) is 10.2 Å². The zero-order chi connectivity index (χ0) is 13.7. The van der Waals surface area contributed by atoms with Gasteiger partial charge in [0.25, 0.3) is 0 Å². The van der Waals surface area contributed by atoms with E-state index in [0.717, 1.165) is 10.2 Å². The maximum atomic E-state index is 5.66. The van der Waals surface area contributed by atoms with Crippen LogP contribution in [0, 0.1) is 0 Å². The maximum absolute atomic E-state index is 5.66. The molecule has 0 spiro atoms. The second-order valence-corrected chi connectivity index (χ2v) is 12.3. The fourth-order valence-corrected chi connectivity index (χ4v) is 10.9. The van der Waals surface area contributed by atoms with Crippen molar-refractivity contribution in [1.29, 1.82) is 0 Å². The maximum Gasteiger partial charge on any atom is 0.208 e. The average Bonchev–Trinajstić information content (AvgIpc) is 3.02. The molecule has 0 N–H and O–H groups in total. The molecule has 0 saturated carbocycles. The Morgan fingerprint density at radius 3 is 1.65 bits per heavy atom. The Morgan fingerprint density at radius 2 is 1.15 bits per heavy atom. The summed E-state index contributed by atoms with van der Waals surface area (Å²) in [6.07, 6.45) is 0. The molecule has 2 atom stereocenters. The quantitative estimate of drug-likeness (QED) is 0.531. The molecule has 0 aromatic carbocycles. The lowest BCUT2D eigenvalue weighted by Crippen LogP contribution is -2.14. The van der Waals surface area contributed by atoms with Gasteiger partial charge in [-0.1, -0.05) is 37.4 Å². The standard InChI is InChI=1S/C12H12O2S6/c1-5-6(2)16-10-9(15-5)19-12(20-10)11-17-7-8(18-11)14-4-3-13-7/h5-6H,3-4H2,1-2H3. The van der Waals surface area contributed by atoms with E-state index in [9.17, 15) is 0 Å². The summed E-state index contributed by atoms with van der Waals surface area (Å²) < 4.78 is 17.0. The average molecular weight is 381 g/mol. The molecule has 0 fully saturated rings. The molecule has 4 aliphatic rings. The van der Waals surface area contributed by atoms with E-state index in [1.54, 1.807) is 23.5 Å². The molecule has 8 heteroatoms. The highest BCUT2D eigenvalue weighted by atomic mass is 32.3. The van der Waals surface area contributed by atoms with Gasteiger partial charge in [0.1, 0.15) is 13.2 Å². The molecule has 4 rings (SSSR count). The van der Waals surface area contributed by atoms with Crippen molar-refractivity contribution in [2.24, 2.45) is 0 Å². The van der Waals surface area contributed by atoms with E-state index < -0.39 is 0 Å². The van der Waals surface area contributed by atoms with Gasteiger partial charge in [0.15, 0.2) is 0 Å². The molecular formula is C12H12O2S6. The Balaban J connectivity index is 1.52. The molecule has 0 aliphatic carbocycles. The fraction of sp³-hybridized carbons (Fsp3) is 0.500. The highest BCUT2D eigenvalue weighted by Crippen LogP contribution is 2.66. The van der Waals surface area contributed by atoms with Crippen molar-refractivity contribution in [2.45, 2.75) is 24.3 Å². The van der Waals surface area contributed by atoms with Gasteiger partial charge in [-0.05, 0) is 23.5 Å². The van der Waals surface area contributed by atoms with Crippen molar-refractivity contribution >= 4 is 70.6 Å². The van der Waals surface area contributed by atoms with Crippen molar-refractivity contribution in [3.05, 3.63) is 27.1 Å². The van der Waals surface area contributed by atoms with Gasteiger partial charge >= 0.3 is 0 Å². The third kappa shape index (κ3) is 2.65. The van der Waals surface area contributed by atoms with Crippen molar-refractivity contribution in [2.75, 3.05) is 13.2 Å². The van der Waals surface area contributed by atoms with Crippen molar-refractivity contribution in [3.8, 4) is 0 Å². The van der Waals surface area contributed by atoms with Crippen LogP contribution in [0.1, 0.15) is 13.8 Å². The van der Waals surface area contributed by atoms with Crippen LogP contribution >= 0.6 is 70.6 Å². The molecule has 2 nitrogen and oxygen atoms in total. The summed E-state index contributed by atoms with van der Waals surface area (Å²) in [5.74, 6) is 0. The zero-order valence-electron chi connectivity index (χ0n) is 10.8. The van der Waals surface area contributed by atoms with Crippen LogP contribution < -0.4 is 0 Å². The minimum absolute atomic E-state index is 0.671. The topological polar surface area (TPSA) is 18.5 Å². The van der Waals surface area contributed by atoms with Gasteiger partial charge in [-0.25, -0.2) is 0 Å². The SMILES string of the molecule is CC1SC2=C(SC(=C3SC4=C(OCCO4)S3)S2)SC1C. The summed E-state index contributed by atoms with van der Waals surface area (Å²) in [6, 6.07) is 0. The van der Waals surface area contributed by atoms with E-state index in [0.29, 0.717) is 23.7 Å². The number of hydrogen-bond donors (Lipinski definition) is 0. The predicted octanol–water partition coefficient (Wildman–Crippen LogP) is 5.63. The fourth-order valence-electron chi connectivity index (χ4n) is 1.83. The molecule has 4 aliphatic heterocycles. The minimum atomic E-state index is 0.671. The molecule has 0 radical (unpaired) electrons. The molecule has 0 bridgehead atoms. The monoisotopic (exact) mass is 380 g/mol. The van der Waals surface area contributed by atoms with Gasteiger partial charge in [0, 0.05) is 10.5 Å². The summed E-state index contributed by atoms with van der Waals surface area (Å²) in [5.41, 5.74) is 0. The Hall–Kier alpha value is 0.920. The van der Waals surface area contributed by atoms with Crippen LogP contribution in [0.4, 0.5) is 0 Å². The molecular weight excluding hydrogens is 369 g/mol. The molecule has 2 unspecified atom stereocenters. The number of rotatable bonds is 0. The Kier molecular flexibility index (Phi) is 4.24. The van der Waals surface area contributed by atoms with Gasteiger partial charge in [-0.15, -0.1) is 23.5 Å². The van der Waals surface area contributed by atoms with Gasteiger partial charge in [0.05, 0.1) is 16.9 Å². The number of thioether (sulfide) groups is 6. The largest absolute Gasteiger partial charge is 0.480 e. The van der Waals surface area contributed by atoms with E-state index in [1.807, 2.05) is 47.0 Å². The van der Waals surface area contributed by atoms with E-state index in [1.165, 1.54) is 16.9 Å². The molecule has 108 valence electrons. The Morgan fingerprint density at radius 1 is 0.700 bits per heavy atom. The molecule has 20 heavy (non-hydrogen) atoms. The minimum Gasteiger partial charge on any atom is -0.480 e. The zero-order valence-corrected chi connectivity index (χ0v) is 15.7. The lowest BCUT2D eigenvalue weighted by atomic mass is 10.4. The van der Waals surface area contributed by atoms with Gasteiger partial charge in [-0.3, -0.25) is 0 Å². The summed E-state index contributed by atoms with van der Waals surface area (Å²) in [7, 11) is 0. The Labute approximate surface area is 144 Å². The first kappa shape index (κ1) is 14.5. The van der Waals surface area contributed by atoms with Crippen LogP contribution in [-0.2, 0) is 9.47 Å². The molecule has 0 amide bonds. The van der Waals surface area contributed by atoms with Crippen molar-refractivity contribution < 1.29 is 9.47 Å². The summed E-state index contributed by atoms with van der Waals surface area (Å²) in [5, 5.41) is 3.30. The highest BCUT2D eigenvalue weighted by Gasteiger charge is 2.36.